The van der Waals surface area contributed by atoms with Crippen LogP contribution >= 0.6 is 0 Å². The number of azo groups is 2. The lowest BCUT2D eigenvalue weighted by Gasteiger charge is -2.10. The van der Waals surface area contributed by atoms with E-state index in [1.807, 2.05) is 24.3 Å². The van der Waals surface area contributed by atoms with Crippen molar-refractivity contribution in [1.82, 2.24) is 5.06 Å². The van der Waals surface area contributed by atoms with Crippen molar-refractivity contribution in [3.8, 4) is 11.5 Å². The van der Waals surface area contributed by atoms with Gasteiger partial charge in [0, 0.05) is 18.0 Å². The standard InChI is InChI=1S/C24H23N5O3/c1-3-17-31-22-11-7-5-9-20(22)25-27-24(19-13-15-29(30)16-14-19)28-26-21-10-6-8-12-23(21)32-18-4-2/h3-16,30H,1-2,17-18H2. The average Bonchev–Trinajstić information content (AvgIpc) is 2.83. The van der Waals surface area contributed by atoms with Gasteiger partial charge in [0.05, 0.1) is 0 Å². The van der Waals surface area contributed by atoms with E-state index in [1.54, 1.807) is 48.6 Å². The molecule has 2 aromatic rings. The van der Waals surface area contributed by atoms with E-state index in [0.29, 0.717) is 41.7 Å². The lowest BCUT2D eigenvalue weighted by Crippen LogP contribution is -2.04. The fraction of sp³-hybridized carbons (Fsp3) is 0.0833. The summed E-state index contributed by atoms with van der Waals surface area (Å²) >= 11 is 0. The Labute approximate surface area is 186 Å². The summed E-state index contributed by atoms with van der Waals surface area (Å²) in [5.74, 6) is 1.37. The largest absolute Gasteiger partial charge is 0.487 e. The normalized spacial score (nSPS) is 13.0. The van der Waals surface area contributed by atoms with Crippen LogP contribution in [0.3, 0.4) is 0 Å². The molecule has 32 heavy (non-hydrogen) atoms. The van der Waals surface area contributed by atoms with Gasteiger partial charge in [-0.25, -0.2) is 5.06 Å². The monoisotopic (exact) mass is 429 g/mol. The summed E-state index contributed by atoms with van der Waals surface area (Å²) < 4.78 is 11.3. The second-order valence-electron chi connectivity index (χ2n) is 6.33. The minimum atomic E-state index is 0.239. The highest BCUT2D eigenvalue weighted by molar-refractivity contribution is 5.52. The number of para-hydroxylation sites is 2. The molecule has 0 fully saturated rings. The quantitative estimate of drug-likeness (QED) is 0.339. The predicted octanol–water partition coefficient (Wildman–Crippen LogP) is 6.63. The molecule has 0 saturated carbocycles. The third-order valence-electron chi connectivity index (χ3n) is 4.02. The Morgan fingerprint density at radius 3 is 1.75 bits per heavy atom. The summed E-state index contributed by atoms with van der Waals surface area (Å²) in [6.45, 7) is 8.01. The van der Waals surface area contributed by atoms with Gasteiger partial charge in [0.25, 0.3) is 0 Å². The Balaban J connectivity index is 1.95. The molecule has 162 valence electrons. The number of allylic oxidation sites excluding steroid dienone is 3. The Kier molecular flexibility index (Phi) is 8.24. The molecule has 2 aromatic carbocycles. The highest BCUT2D eigenvalue weighted by Gasteiger charge is 2.08. The molecule has 8 nitrogen and oxygen atoms in total. The van der Waals surface area contributed by atoms with Gasteiger partial charge in [-0.3, -0.25) is 5.21 Å². The smallest absolute Gasteiger partial charge is 0.203 e. The van der Waals surface area contributed by atoms with Gasteiger partial charge in [-0.1, -0.05) is 49.6 Å². The van der Waals surface area contributed by atoms with E-state index in [0.717, 1.165) is 5.06 Å². The SMILES string of the molecule is C=CCOc1ccccc1N=NC(N=Nc1ccccc1OCC=C)=C1C=CN(O)C=C1. The number of hydrogen-bond donors (Lipinski definition) is 1. The van der Waals surface area contributed by atoms with Gasteiger partial charge in [-0.05, 0) is 36.4 Å². The van der Waals surface area contributed by atoms with Crippen LogP contribution in [0.1, 0.15) is 0 Å². The predicted molar refractivity (Wildman–Crippen MR) is 122 cm³/mol. The molecular weight excluding hydrogens is 406 g/mol. The van der Waals surface area contributed by atoms with Crippen molar-refractivity contribution in [2.24, 2.45) is 20.5 Å². The molecule has 0 spiro atoms. The summed E-state index contributed by atoms with van der Waals surface area (Å²) in [4.78, 5) is 0. The maximum atomic E-state index is 9.54. The molecule has 1 N–H and O–H groups in total. The zero-order valence-electron chi connectivity index (χ0n) is 17.4. The summed E-state index contributed by atoms with van der Waals surface area (Å²) in [5, 5.41) is 27.7. The van der Waals surface area contributed by atoms with E-state index in [2.05, 4.69) is 33.6 Å². The third-order valence-corrected chi connectivity index (χ3v) is 4.02. The van der Waals surface area contributed by atoms with E-state index in [9.17, 15) is 5.21 Å². The van der Waals surface area contributed by atoms with Gasteiger partial charge in [-0.2, -0.15) is 0 Å². The van der Waals surface area contributed by atoms with Crippen LogP contribution in [0.2, 0.25) is 0 Å². The molecule has 0 radical (unpaired) electrons. The number of nitrogens with zero attached hydrogens (tertiary/aromatic N) is 5. The zero-order chi connectivity index (χ0) is 22.6. The maximum Gasteiger partial charge on any atom is 0.203 e. The summed E-state index contributed by atoms with van der Waals surface area (Å²) in [7, 11) is 0. The van der Waals surface area contributed by atoms with Crippen molar-refractivity contribution >= 4 is 11.4 Å². The van der Waals surface area contributed by atoms with Crippen molar-refractivity contribution in [1.29, 1.82) is 0 Å². The number of hydroxylamine groups is 2. The molecule has 1 heterocycles. The summed E-state index contributed by atoms with van der Waals surface area (Å²) in [6, 6.07) is 14.5. The van der Waals surface area contributed by atoms with Crippen LogP contribution < -0.4 is 9.47 Å². The average molecular weight is 429 g/mol. The number of hydrogen-bond acceptors (Lipinski definition) is 8. The molecule has 8 heteroatoms. The van der Waals surface area contributed by atoms with Crippen LogP contribution in [-0.4, -0.2) is 23.5 Å². The van der Waals surface area contributed by atoms with Crippen molar-refractivity contribution in [2.75, 3.05) is 13.2 Å². The van der Waals surface area contributed by atoms with Crippen LogP contribution in [0.25, 0.3) is 0 Å². The Morgan fingerprint density at radius 1 is 0.812 bits per heavy atom. The first-order valence-corrected chi connectivity index (χ1v) is 9.78. The highest BCUT2D eigenvalue weighted by atomic mass is 16.5. The molecule has 0 unspecified atom stereocenters. The second-order valence-corrected chi connectivity index (χ2v) is 6.33. The molecule has 0 atom stereocenters. The van der Waals surface area contributed by atoms with Crippen LogP contribution in [0, 0.1) is 0 Å². The van der Waals surface area contributed by atoms with Gasteiger partial charge in [0.2, 0.25) is 5.82 Å². The lowest BCUT2D eigenvalue weighted by molar-refractivity contribution is 0.0105. The topological polar surface area (TPSA) is 91.4 Å². The zero-order valence-corrected chi connectivity index (χ0v) is 17.4. The molecule has 0 saturated heterocycles. The van der Waals surface area contributed by atoms with Crippen molar-refractivity contribution < 1.29 is 14.7 Å². The first kappa shape index (κ1) is 22.4. The molecule has 0 bridgehead atoms. The number of benzene rings is 2. The van der Waals surface area contributed by atoms with E-state index < -0.39 is 0 Å². The first-order valence-electron chi connectivity index (χ1n) is 9.78. The van der Waals surface area contributed by atoms with E-state index >= 15 is 0 Å². The minimum absolute atomic E-state index is 0.239. The summed E-state index contributed by atoms with van der Waals surface area (Å²) in [5.41, 5.74) is 1.67. The van der Waals surface area contributed by atoms with Crippen LogP contribution in [-0.2, 0) is 0 Å². The molecule has 0 aromatic heterocycles. The highest BCUT2D eigenvalue weighted by Crippen LogP contribution is 2.31. The van der Waals surface area contributed by atoms with Gasteiger partial charge < -0.3 is 9.47 Å². The molecule has 1 aliphatic heterocycles. The Morgan fingerprint density at radius 2 is 1.28 bits per heavy atom. The van der Waals surface area contributed by atoms with Crippen molar-refractivity contribution in [3.63, 3.8) is 0 Å². The van der Waals surface area contributed by atoms with Crippen molar-refractivity contribution in [3.05, 3.63) is 110 Å². The number of rotatable bonds is 10. The summed E-state index contributed by atoms with van der Waals surface area (Å²) in [6.07, 6.45) is 9.52. The number of ether oxygens (including phenoxy) is 2. The van der Waals surface area contributed by atoms with Crippen LogP contribution in [0.15, 0.2) is 130 Å². The second kappa shape index (κ2) is 11.8. The van der Waals surface area contributed by atoms with Crippen LogP contribution in [0.4, 0.5) is 11.4 Å². The van der Waals surface area contributed by atoms with Crippen molar-refractivity contribution in [2.45, 2.75) is 0 Å². The molecule has 1 aliphatic rings. The molecular formula is C24H23N5O3. The molecule has 0 amide bonds. The van der Waals surface area contributed by atoms with Crippen LogP contribution in [0.5, 0.6) is 11.5 Å². The molecule has 3 rings (SSSR count). The van der Waals surface area contributed by atoms with Gasteiger partial charge >= 0.3 is 0 Å². The molecule has 0 aliphatic carbocycles. The van der Waals surface area contributed by atoms with Gasteiger partial charge in [0.1, 0.15) is 36.1 Å². The fourth-order valence-corrected chi connectivity index (χ4v) is 2.53. The minimum Gasteiger partial charge on any atom is -0.487 e. The fourth-order valence-electron chi connectivity index (χ4n) is 2.53. The van der Waals surface area contributed by atoms with E-state index in [1.165, 1.54) is 12.4 Å². The van der Waals surface area contributed by atoms with E-state index in [4.69, 9.17) is 9.47 Å². The van der Waals surface area contributed by atoms with Gasteiger partial charge in [0.15, 0.2) is 0 Å². The maximum absolute atomic E-state index is 9.54. The Bertz CT molecular complexity index is 1020. The Hall–Kier alpha value is -4.30. The van der Waals surface area contributed by atoms with Gasteiger partial charge in [-0.15, -0.1) is 20.5 Å². The lowest BCUT2D eigenvalue weighted by atomic mass is 10.2. The van der Waals surface area contributed by atoms with E-state index in [-0.39, 0.29) is 5.82 Å². The first-order chi connectivity index (χ1) is 15.7. The third kappa shape index (κ3) is 6.35.